The Labute approximate surface area is 311 Å². The summed E-state index contributed by atoms with van der Waals surface area (Å²) < 4.78 is 5.85. The predicted octanol–water partition coefficient (Wildman–Crippen LogP) is 10.0. The summed E-state index contributed by atoms with van der Waals surface area (Å²) in [5.74, 6) is 0.503. The molecule has 7 heteroatoms. The molecule has 1 aromatic rings. The van der Waals surface area contributed by atoms with Crippen LogP contribution >= 0.6 is 0 Å². The summed E-state index contributed by atoms with van der Waals surface area (Å²) in [6, 6.07) is 7.02. The highest BCUT2D eigenvalue weighted by Crippen LogP contribution is 2.14. The van der Waals surface area contributed by atoms with Crippen molar-refractivity contribution in [3.05, 3.63) is 78.4 Å². The Hall–Kier alpha value is -3.61. The average molecular weight is 706 g/mol. The monoisotopic (exact) mass is 706 g/mol. The summed E-state index contributed by atoms with van der Waals surface area (Å²) in [5, 5.41) is 8.82. The molecular weight excluding hydrogens is 635 g/mol. The van der Waals surface area contributed by atoms with Gasteiger partial charge in [0.15, 0.2) is 0 Å². The Bertz CT molecular complexity index is 1140. The number of ether oxygens (including phenoxy) is 1. The molecule has 1 rings (SSSR count). The van der Waals surface area contributed by atoms with Crippen LogP contribution in [0.4, 0.5) is 0 Å². The molecule has 1 aromatic carbocycles. The lowest BCUT2D eigenvalue weighted by molar-refractivity contribution is -0.128. The molecule has 7 nitrogen and oxygen atoms in total. The second kappa shape index (κ2) is 33.5. The molecule has 0 unspecified atom stereocenters. The molecule has 1 atom stereocenters. The third-order valence-electron chi connectivity index (χ3n) is 8.57. The van der Waals surface area contributed by atoms with Gasteiger partial charge in [0.05, 0.1) is 6.61 Å². The number of benzene rings is 1. The van der Waals surface area contributed by atoms with E-state index in [9.17, 15) is 14.4 Å². The second-order valence-electron chi connectivity index (χ2n) is 13.3. The summed E-state index contributed by atoms with van der Waals surface area (Å²) in [5.41, 5.74) is 0.948. The van der Waals surface area contributed by atoms with E-state index >= 15 is 0 Å². The van der Waals surface area contributed by atoms with Gasteiger partial charge in [-0.05, 0) is 69.1 Å². The lowest BCUT2D eigenvalue weighted by atomic mass is 10.0. The fourth-order valence-corrected chi connectivity index (χ4v) is 5.41. The first-order chi connectivity index (χ1) is 25.0. The zero-order chi connectivity index (χ0) is 37.0. The topological polar surface area (TPSA) is 96.5 Å². The second-order valence-corrected chi connectivity index (χ2v) is 13.3. The Morgan fingerprint density at radius 1 is 0.608 bits per heavy atom. The van der Waals surface area contributed by atoms with Gasteiger partial charge in [0, 0.05) is 32.4 Å². The molecule has 0 aliphatic carbocycles. The van der Waals surface area contributed by atoms with Crippen LogP contribution in [0.25, 0.3) is 0 Å². The van der Waals surface area contributed by atoms with Crippen molar-refractivity contribution < 1.29 is 19.1 Å². The highest BCUT2D eigenvalue weighted by molar-refractivity contribution is 5.87. The van der Waals surface area contributed by atoms with Gasteiger partial charge in [-0.15, -0.1) is 0 Å². The Kier molecular flexibility index (Phi) is 29.9. The van der Waals surface area contributed by atoms with Crippen molar-refractivity contribution in [1.29, 1.82) is 0 Å². The third-order valence-corrected chi connectivity index (χ3v) is 8.57. The molecule has 3 amide bonds. The van der Waals surface area contributed by atoms with E-state index in [1.54, 1.807) is 6.92 Å². The number of hydrogen-bond donors (Lipinski definition) is 3. The lowest BCUT2D eigenvalue weighted by Gasteiger charge is -2.18. The van der Waals surface area contributed by atoms with Gasteiger partial charge in [0.1, 0.15) is 11.8 Å². The normalized spacial score (nSPS) is 12.3. The van der Waals surface area contributed by atoms with Crippen LogP contribution in [-0.2, 0) is 20.8 Å². The van der Waals surface area contributed by atoms with E-state index in [4.69, 9.17) is 4.74 Å². The van der Waals surface area contributed by atoms with Crippen LogP contribution in [0.15, 0.2) is 72.9 Å². The summed E-state index contributed by atoms with van der Waals surface area (Å²) in [6.45, 7) is 7.91. The number of nitrogens with one attached hydrogen (secondary N) is 3. The summed E-state index contributed by atoms with van der Waals surface area (Å²) in [6.07, 6.45) is 38.1. The molecule has 0 heterocycles. The van der Waals surface area contributed by atoms with Crippen molar-refractivity contribution in [2.24, 2.45) is 0 Å². The van der Waals surface area contributed by atoms with Gasteiger partial charge in [0.2, 0.25) is 17.7 Å². The average Bonchev–Trinajstić information content (AvgIpc) is 3.14. The van der Waals surface area contributed by atoms with Gasteiger partial charge in [0.25, 0.3) is 0 Å². The molecule has 51 heavy (non-hydrogen) atoms. The molecule has 0 spiro atoms. The van der Waals surface area contributed by atoms with E-state index in [1.807, 2.05) is 24.3 Å². The predicted molar refractivity (Wildman–Crippen MR) is 215 cm³/mol. The van der Waals surface area contributed by atoms with Gasteiger partial charge in [-0.3, -0.25) is 14.4 Å². The molecule has 0 radical (unpaired) electrons. The summed E-state index contributed by atoms with van der Waals surface area (Å²) in [4.78, 5) is 37.1. The highest BCUT2D eigenvalue weighted by Gasteiger charge is 2.20. The smallest absolute Gasteiger partial charge is 0.242 e. The summed E-state index contributed by atoms with van der Waals surface area (Å²) >= 11 is 0. The molecule has 0 aliphatic rings. The van der Waals surface area contributed by atoms with E-state index in [1.165, 1.54) is 64.2 Å². The molecule has 0 bridgehead atoms. The van der Waals surface area contributed by atoms with Crippen LogP contribution < -0.4 is 20.7 Å². The first-order valence-corrected chi connectivity index (χ1v) is 20.2. The van der Waals surface area contributed by atoms with Gasteiger partial charge >= 0.3 is 0 Å². The first kappa shape index (κ1) is 45.4. The Morgan fingerprint density at radius 2 is 1.16 bits per heavy atom. The minimum Gasteiger partial charge on any atom is -0.494 e. The SMILES string of the molecule is CCCCCCCC/C=C\C/C=C\C/C=C\C/C=C\CCC(=O)NCCCOc1ccc(C[C@H](NC(=O)CC)C(=O)NCCCCCCC)cc1. The molecule has 0 aliphatic heterocycles. The molecule has 0 saturated carbocycles. The molecular formula is C44H71N3O4. The quantitative estimate of drug-likeness (QED) is 0.0514. The highest BCUT2D eigenvalue weighted by atomic mass is 16.5. The number of hydrogen-bond acceptors (Lipinski definition) is 4. The van der Waals surface area contributed by atoms with Gasteiger partial charge in [-0.1, -0.05) is 139 Å². The third kappa shape index (κ3) is 27.8. The minimum atomic E-state index is -0.606. The van der Waals surface area contributed by atoms with Gasteiger partial charge in [-0.25, -0.2) is 0 Å². The van der Waals surface area contributed by atoms with Crippen LogP contribution in [0, 0.1) is 0 Å². The van der Waals surface area contributed by atoms with Crippen LogP contribution in [0.1, 0.15) is 148 Å². The maximum Gasteiger partial charge on any atom is 0.242 e. The zero-order valence-electron chi connectivity index (χ0n) is 32.4. The van der Waals surface area contributed by atoms with Crippen molar-refractivity contribution in [2.45, 2.75) is 155 Å². The van der Waals surface area contributed by atoms with E-state index < -0.39 is 6.04 Å². The zero-order valence-corrected chi connectivity index (χ0v) is 32.4. The molecule has 286 valence electrons. The first-order valence-electron chi connectivity index (χ1n) is 20.2. The van der Waals surface area contributed by atoms with Crippen LogP contribution in [0.3, 0.4) is 0 Å². The number of carbonyl (C=O) groups excluding carboxylic acids is 3. The van der Waals surface area contributed by atoms with Crippen molar-refractivity contribution in [2.75, 3.05) is 19.7 Å². The van der Waals surface area contributed by atoms with Crippen LogP contribution in [-0.4, -0.2) is 43.5 Å². The molecule has 0 aromatic heterocycles. The molecule has 3 N–H and O–H groups in total. The van der Waals surface area contributed by atoms with Crippen LogP contribution in [0.5, 0.6) is 5.75 Å². The summed E-state index contributed by atoms with van der Waals surface area (Å²) in [7, 11) is 0. The van der Waals surface area contributed by atoms with E-state index in [0.29, 0.717) is 45.4 Å². The number of allylic oxidation sites excluding steroid dienone is 8. The number of carbonyl (C=O) groups is 3. The maximum absolute atomic E-state index is 12.8. The lowest BCUT2D eigenvalue weighted by Crippen LogP contribution is -2.48. The molecule has 0 fully saturated rings. The number of rotatable bonds is 32. The van der Waals surface area contributed by atoms with E-state index in [-0.39, 0.29) is 17.7 Å². The fourth-order valence-electron chi connectivity index (χ4n) is 5.41. The standard InChI is InChI=1S/C44H71N3O4/c1-4-7-9-11-12-13-14-15-16-17-18-19-20-21-22-23-24-25-27-30-43(49)45-36-29-37-51-40-33-31-39(32-34-40)38-41(47-42(48)6-3)44(50)46-35-28-26-10-8-5-2/h15-16,18-19,21-22,24-25,31-34,41H,4-14,17,20,23,26-30,35-38H2,1-3H3,(H,45,49)(H,46,50)(H,47,48)/b16-15-,19-18-,22-21-,25-24-/t41-/m0/s1. The van der Waals surface area contributed by atoms with Crippen molar-refractivity contribution in [3.63, 3.8) is 0 Å². The van der Waals surface area contributed by atoms with Crippen molar-refractivity contribution >= 4 is 17.7 Å². The van der Waals surface area contributed by atoms with E-state index in [2.05, 4.69) is 78.4 Å². The maximum atomic E-state index is 12.8. The fraction of sp³-hybridized carbons (Fsp3) is 0.614. The van der Waals surface area contributed by atoms with Crippen LogP contribution in [0.2, 0.25) is 0 Å². The van der Waals surface area contributed by atoms with Gasteiger partial charge < -0.3 is 20.7 Å². The number of amides is 3. The van der Waals surface area contributed by atoms with Crippen molar-refractivity contribution in [3.8, 4) is 5.75 Å². The number of unbranched alkanes of at least 4 members (excludes halogenated alkanes) is 10. The van der Waals surface area contributed by atoms with E-state index in [0.717, 1.165) is 49.8 Å². The Morgan fingerprint density at radius 3 is 1.78 bits per heavy atom. The van der Waals surface area contributed by atoms with Crippen molar-refractivity contribution in [1.82, 2.24) is 16.0 Å². The Balaban J connectivity index is 2.15. The molecule has 0 saturated heterocycles. The minimum absolute atomic E-state index is 0.0518. The van der Waals surface area contributed by atoms with Gasteiger partial charge in [-0.2, -0.15) is 0 Å². The largest absolute Gasteiger partial charge is 0.494 e.